The fraction of sp³-hybridized carbons (Fsp3) is 0.394. The largest absolute Gasteiger partial charge is 0.497 e. The Bertz CT molecular complexity index is 1280. The molecule has 1 aliphatic rings. The van der Waals surface area contributed by atoms with Crippen molar-refractivity contribution in [2.45, 2.75) is 42.9 Å². The summed E-state index contributed by atoms with van der Waals surface area (Å²) in [5.41, 5.74) is 4.38. The lowest BCUT2D eigenvalue weighted by Gasteiger charge is -2.29. The lowest BCUT2D eigenvalue weighted by molar-refractivity contribution is -0.152. The molecule has 8 heteroatoms. The van der Waals surface area contributed by atoms with Gasteiger partial charge in [0.1, 0.15) is 12.4 Å². The molecule has 4 rings (SSSR count). The fourth-order valence-electron chi connectivity index (χ4n) is 4.86. The molecule has 218 valence electrons. The predicted molar refractivity (Wildman–Crippen MR) is 164 cm³/mol. The SMILES string of the molecule is CCOC(=O)COC1C(=O)N(CCN(C)CCCc2ccc(C)cc2)c2ccccc2SC1c1ccc(OC)cc1. The fourth-order valence-corrected chi connectivity index (χ4v) is 6.20. The van der Waals surface area contributed by atoms with Crippen molar-refractivity contribution in [2.24, 2.45) is 0 Å². The lowest BCUT2D eigenvalue weighted by atomic mass is 10.1. The number of amides is 1. The van der Waals surface area contributed by atoms with E-state index in [1.807, 2.05) is 53.4 Å². The molecule has 1 amide bonds. The molecule has 7 nitrogen and oxygen atoms in total. The van der Waals surface area contributed by atoms with Gasteiger partial charge in [0.2, 0.25) is 0 Å². The van der Waals surface area contributed by atoms with Gasteiger partial charge in [-0.05, 0) is 75.7 Å². The van der Waals surface area contributed by atoms with Gasteiger partial charge in [-0.3, -0.25) is 4.79 Å². The molecule has 0 bridgehead atoms. The molecule has 2 unspecified atom stereocenters. The third kappa shape index (κ3) is 8.35. The number of anilines is 1. The van der Waals surface area contributed by atoms with Crippen molar-refractivity contribution in [3.8, 4) is 5.75 Å². The maximum Gasteiger partial charge on any atom is 0.332 e. The summed E-state index contributed by atoms with van der Waals surface area (Å²) in [4.78, 5) is 31.5. The first-order valence-corrected chi connectivity index (χ1v) is 15.0. The van der Waals surface area contributed by atoms with Crippen molar-refractivity contribution in [2.75, 3.05) is 51.9 Å². The maximum absolute atomic E-state index is 14.2. The Morgan fingerprint density at radius 2 is 1.73 bits per heavy atom. The van der Waals surface area contributed by atoms with Crippen LogP contribution >= 0.6 is 11.8 Å². The number of thioether (sulfide) groups is 1. The second kappa shape index (κ2) is 15.1. The number of ether oxygens (including phenoxy) is 3. The molecule has 41 heavy (non-hydrogen) atoms. The molecule has 0 N–H and O–H groups in total. The number of nitrogens with zero attached hydrogens (tertiary/aromatic N) is 2. The zero-order valence-corrected chi connectivity index (χ0v) is 25.2. The first kappa shape index (κ1) is 30.6. The highest BCUT2D eigenvalue weighted by Gasteiger charge is 2.39. The molecule has 0 fully saturated rings. The second-order valence-electron chi connectivity index (χ2n) is 10.2. The third-order valence-corrected chi connectivity index (χ3v) is 8.53. The summed E-state index contributed by atoms with van der Waals surface area (Å²) < 4.78 is 16.5. The third-order valence-electron chi connectivity index (χ3n) is 7.16. The molecule has 0 saturated carbocycles. The first-order valence-electron chi connectivity index (χ1n) is 14.1. The van der Waals surface area contributed by atoms with E-state index in [1.165, 1.54) is 11.1 Å². The van der Waals surface area contributed by atoms with Gasteiger partial charge in [-0.1, -0.05) is 54.1 Å². The summed E-state index contributed by atoms with van der Waals surface area (Å²) >= 11 is 1.58. The van der Waals surface area contributed by atoms with E-state index in [4.69, 9.17) is 14.2 Å². The Morgan fingerprint density at radius 1 is 1.00 bits per heavy atom. The van der Waals surface area contributed by atoms with Crippen molar-refractivity contribution in [1.29, 1.82) is 0 Å². The molecule has 0 saturated heterocycles. The summed E-state index contributed by atoms with van der Waals surface area (Å²) in [6, 6.07) is 24.3. The number of esters is 1. The minimum atomic E-state index is -0.878. The standard InChI is InChI=1S/C33H40N2O5S/c1-5-39-30(36)23-40-31-32(26-16-18-27(38-4)19-17-26)41-29-11-7-6-10-28(29)35(33(31)37)22-21-34(3)20-8-9-25-14-12-24(2)13-15-25/h6-7,10-19,31-32H,5,8-9,20-23H2,1-4H3. The molecule has 1 aliphatic heterocycles. The number of hydrogen-bond acceptors (Lipinski definition) is 7. The van der Waals surface area contributed by atoms with Gasteiger partial charge in [-0.25, -0.2) is 4.79 Å². The second-order valence-corrected chi connectivity index (χ2v) is 11.4. The maximum atomic E-state index is 14.2. The number of para-hydroxylation sites is 1. The van der Waals surface area contributed by atoms with Crippen LogP contribution in [0.5, 0.6) is 5.75 Å². The highest BCUT2D eigenvalue weighted by atomic mass is 32.2. The molecule has 0 aliphatic carbocycles. The van der Waals surface area contributed by atoms with Gasteiger partial charge in [-0.15, -0.1) is 11.8 Å². The molecule has 0 radical (unpaired) electrons. The topological polar surface area (TPSA) is 68.3 Å². The van der Waals surface area contributed by atoms with E-state index in [2.05, 4.69) is 43.1 Å². The Kier molecular flexibility index (Phi) is 11.2. The summed E-state index contributed by atoms with van der Waals surface area (Å²) in [6.45, 7) is 5.95. The summed E-state index contributed by atoms with van der Waals surface area (Å²) in [5.74, 6) is 0.0798. The summed E-state index contributed by atoms with van der Waals surface area (Å²) in [7, 11) is 3.71. The number of hydrogen-bond donors (Lipinski definition) is 0. The van der Waals surface area contributed by atoms with E-state index in [1.54, 1.807) is 25.8 Å². The van der Waals surface area contributed by atoms with Crippen LogP contribution in [0.25, 0.3) is 0 Å². The van der Waals surface area contributed by atoms with Crippen molar-refractivity contribution >= 4 is 29.3 Å². The zero-order chi connectivity index (χ0) is 29.2. The van der Waals surface area contributed by atoms with Gasteiger partial charge in [0, 0.05) is 18.0 Å². The normalized spacial score (nSPS) is 16.8. The molecular weight excluding hydrogens is 536 g/mol. The van der Waals surface area contributed by atoms with E-state index in [0.29, 0.717) is 13.1 Å². The first-order chi connectivity index (χ1) is 19.9. The minimum Gasteiger partial charge on any atom is -0.497 e. The number of methoxy groups -OCH3 is 1. The van der Waals surface area contributed by atoms with Crippen LogP contribution < -0.4 is 9.64 Å². The Labute approximate surface area is 247 Å². The van der Waals surface area contributed by atoms with Gasteiger partial charge in [0.15, 0.2) is 6.10 Å². The number of benzene rings is 3. The van der Waals surface area contributed by atoms with Crippen LogP contribution in [-0.2, 0) is 25.5 Å². The van der Waals surface area contributed by atoms with Crippen LogP contribution in [0.1, 0.15) is 35.3 Å². The zero-order valence-electron chi connectivity index (χ0n) is 24.4. The molecule has 3 aromatic rings. The van der Waals surface area contributed by atoms with Crippen LogP contribution in [0.2, 0.25) is 0 Å². The van der Waals surface area contributed by atoms with E-state index >= 15 is 0 Å². The summed E-state index contributed by atoms with van der Waals surface area (Å²) in [6.07, 6.45) is 1.17. The van der Waals surface area contributed by atoms with Gasteiger partial charge in [0.25, 0.3) is 5.91 Å². The Hall–Kier alpha value is -3.33. The van der Waals surface area contributed by atoms with Crippen LogP contribution in [0, 0.1) is 6.92 Å². The highest BCUT2D eigenvalue weighted by Crippen LogP contribution is 2.46. The van der Waals surface area contributed by atoms with Crippen LogP contribution in [0.4, 0.5) is 5.69 Å². The van der Waals surface area contributed by atoms with Gasteiger partial charge in [0.05, 0.1) is 24.7 Å². The van der Waals surface area contributed by atoms with Gasteiger partial charge in [-0.2, -0.15) is 0 Å². The van der Waals surface area contributed by atoms with E-state index in [0.717, 1.165) is 41.3 Å². The quantitative estimate of drug-likeness (QED) is 0.242. The van der Waals surface area contributed by atoms with Gasteiger partial charge < -0.3 is 24.0 Å². The lowest BCUT2D eigenvalue weighted by Crippen LogP contribution is -2.45. The van der Waals surface area contributed by atoms with E-state index in [9.17, 15) is 9.59 Å². The Morgan fingerprint density at radius 3 is 2.44 bits per heavy atom. The van der Waals surface area contributed by atoms with Crippen molar-refractivity contribution < 1.29 is 23.8 Å². The number of carbonyl (C=O) groups is 2. The molecule has 3 aromatic carbocycles. The van der Waals surface area contributed by atoms with Crippen molar-refractivity contribution in [3.05, 3.63) is 89.5 Å². The van der Waals surface area contributed by atoms with Crippen molar-refractivity contribution in [1.82, 2.24) is 4.90 Å². The minimum absolute atomic E-state index is 0.166. The highest BCUT2D eigenvalue weighted by molar-refractivity contribution is 7.99. The number of aryl methyl sites for hydroxylation is 2. The van der Waals surface area contributed by atoms with E-state index in [-0.39, 0.29) is 24.4 Å². The summed E-state index contributed by atoms with van der Waals surface area (Å²) in [5, 5.41) is -0.360. The van der Waals surface area contributed by atoms with Crippen LogP contribution in [-0.4, -0.2) is 69.9 Å². The predicted octanol–water partition coefficient (Wildman–Crippen LogP) is 5.70. The number of rotatable bonds is 13. The molecular formula is C33H40N2O5S. The molecule has 1 heterocycles. The molecule has 0 aromatic heterocycles. The number of fused-ring (bicyclic) bond motifs is 1. The monoisotopic (exact) mass is 576 g/mol. The average Bonchev–Trinajstić information content (AvgIpc) is 3.10. The molecule has 0 spiro atoms. The van der Waals surface area contributed by atoms with Crippen molar-refractivity contribution in [3.63, 3.8) is 0 Å². The van der Waals surface area contributed by atoms with Crippen LogP contribution in [0.3, 0.4) is 0 Å². The number of carbonyl (C=O) groups excluding carboxylic acids is 2. The van der Waals surface area contributed by atoms with E-state index < -0.39 is 12.1 Å². The average molecular weight is 577 g/mol. The number of likely N-dealkylation sites (N-methyl/N-ethyl adjacent to an activating group) is 1. The van der Waals surface area contributed by atoms with Crippen LogP contribution in [0.15, 0.2) is 77.7 Å². The molecule has 2 atom stereocenters. The smallest absolute Gasteiger partial charge is 0.332 e. The van der Waals surface area contributed by atoms with Gasteiger partial charge >= 0.3 is 5.97 Å². The Balaban J connectivity index is 1.52.